The summed E-state index contributed by atoms with van der Waals surface area (Å²) in [4.78, 5) is 9.94. The predicted octanol–water partition coefficient (Wildman–Crippen LogP) is 0.705. The fourth-order valence-corrected chi connectivity index (χ4v) is 0.412. The van der Waals surface area contributed by atoms with Crippen LogP contribution in [-0.4, -0.2) is 18.5 Å². The summed E-state index contributed by atoms with van der Waals surface area (Å²) in [6, 6.07) is -0.491. The van der Waals surface area contributed by atoms with E-state index in [1.807, 2.05) is 0 Å². The van der Waals surface area contributed by atoms with Crippen LogP contribution in [0.25, 0.3) is 0 Å². The summed E-state index contributed by atoms with van der Waals surface area (Å²) in [5.41, 5.74) is 4.74. The van der Waals surface area contributed by atoms with Crippen LogP contribution in [0, 0.1) is 0 Å². The molecule has 56 valence electrons. The van der Waals surface area contributed by atoms with Gasteiger partial charge < -0.3 is 11.1 Å². The van der Waals surface area contributed by atoms with E-state index in [9.17, 15) is 4.79 Å². The average Bonchev–Trinajstić information content (AvgIpc) is 1.66. The minimum atomic E-state index is -0.491. The molecule has 0 rings (SSSR count). The highest BCUT2D eigenvalue weighted by molar-refractivity contribution is 6.17. The minimum Gasteiger partial charge on any atom is -0.352 e. The highest BCUT2D eigenvalue weighted by Gasteiger charge is 1.87. The molecule has 0 aromatic rings. The van der Waals surface area contributed by atoms with E-state index in [-0.39, 0.29) is 12.4 Å². The molecule has 2 amide bonds. The molecule has 0 saturated heterocycles. The van der Waals surface area contributed by atoms with Crippen LogP contribution in [0.4, 0.5) is 4.79 Å². The Balaban J connectivity index is 0. The molecule has 5 heteroatoms. The number of primary amides is 1. The van der Waals surface area contributed by atoms with Gasteiger partial charge >= 0.3 is 6.03 Å². The Kier molecular flexibility index (Phi) is 10.1. The van der Waals surface area contributed by atoms with E-state index in [4.69, 9.17) is 17.3 Å². The Morgan fingerprint density at radius 3 is 2.56 bits per heavy atom. The Bertz CT molecular complexity index is 79.0. The number of amides is 2. The number of hydrogen-bond acceptors (Lipinski definition) is 1. The van der Waals surface area contributed by atoms with Crippen molar-refractivity contribution in [3.63, 3.8) is 0 Å². The van der Waals surface area contributed by atoms with Crippen molar-refractivity contribution in [1.29, 1.82) is 0 Å². The summed E-state index contributed by atoms with van der Waals surface area (Å²) in [6.45, 7) is 0.568. The second kappa shape index (κ2) is 7.85. The highest BCUT2D eigenvalue weighted by Crippen LogP contribution is 1.79. The molecule has 0 unspecified atom stereocenters. The Hall–Kier alpha value is -0.150. The minimum absolute atomic E-state index is 0. The van der Waals surface area contributed by atoms with Gasteiger partial charge in [0.05, 0.1) is 0 Å². The van der Waals surface area contributed by atoms with Crippen LogP contribution < -0.4 is 11.1 Å². The summed E-state index contributed by atoms with van der Waals surface area (Å²) in [5, 5.41) is 2.40. The second-order valence-corrected chi connectivity index (χ2v) is 1.71. The fourth-order valence-electron chi connectivity index (χ4n) is 0.278. The maximum absolute atomic E-state index is 9.94. The predicted molar refractivity (Wildman–Crippen MR) is 40.2 cm³/mol. The first-order chi connectivity index (χ1) is 3.77. The number of alkyl halides is 1. The molecule has 0 saturated carbocycles. The third-order valence-corrected chi connectivity index (χ3v) is 0.877. The zero-order valence-corrected chi connectivity index (χ0v) is 6.47. The highest BCUT2D eigenvalue weighted by atomic mass is 35.5. The zero-order chi connectivity index (χ0) is 6.41. The molecule has 0 heterocycles. The average molecular weight is 173 g/mol. The lowest BCUT2D eigenvalue weighted by molar-refractivity contribution is 0.249. The lowest BCUT2D eigenvalue weighted by Gasteiger charge is -1.95. The van der Waals surface area contributed by atoms with Crippen LogP contribution in [0.15, 0.2) is 0 Å². The normalized spacial score (nSPS) is 7.67. The molecule has 0 bridgehead atoms. The van der Waals surface area contributed by atoms with Gasteiger partial charge in [0.1, 0.15) is 0 Å². The van der Waals surface area contributed by atoms with Gasteiger partial charge in [-0.05, 0) is 6.42 Å². The molecular weight excluding hydrogens is 163 g/mol. The molecule has 0 fully saturated rings. The second-order valence-electron chi connectivity index (χ2n) is 1.33. The molecule has 3 N–H and O–H groups in total. The van der Waals surface area contributed by atoms with Crippen LogP contribution in [0.2, 0.25) is 0 Å². The van der Waals surface area contributed by atoms with E-state index in [1.165, 1.54) is 0 Å². The van der Waals surface area contributed by atoms with Gasteiger partial charge in [0.25, 0.3) is 0 Å². The largest absolute Gasteiger partial charge is 0.352 e. The Morgan fingerprint density at radius 1 is 1.67 bits per heavy atom. The van der Waals surface area contributed by atoms with Gasteiger partial charge in [-0.15, -0.1) is 24.0 Å². The van der Waals surface area contributed by atoms with Crippen LogP contribution in [-0.2, 0) is 0 Å². The van der Waals surface area contributed by atoms with E-state index in [0.29, 0.717) is 12.4 Å². The van der Waals surface area contributed by atoms with Crippen molar-refractivity contribution in [1.82, 2.24) is 5.32 Å². The number of urea groups is 1. The van der Waals surface area contributed by atoms with Crippen molar-refractivity contribution < 1.29 is 4.79 Å². The van der Waals surface area contributed by atoms with Crippen molar-refractivity contribution in [2.24, 2.45) is 5.73 Å². The molecule has 0 aliphatic heterocycles. The Labute approximate surface area is 65.3 Å². The number of halogens is 2. The zero-order valence-electron chi connectivity index (χ0n) is 4.89. The van der Waals surface area contributed by atoms with Crippen LogP contribution in [0.3, 0.4) is 0 Å². The topological polar surface area (TPSA) is 55.1 Å². The third-order valence-electron chi connectivity index (χ3n) is 0.610. The molecule has 0 aromatic carbocycles. The first-order valence-electron chi connectivity index (χ1n) is 2.36. The van der Waals surface area contributed by atoms with E-state index < -0.39 is 6.03 Å². The van der Waals surface area contributed by atoms with Crippen molar-refractivity contribution in [2.75, 3.05) is 12.4 Å². The van der Waals surface area contributed by atoms with E-state index in [0.717, 1.165) is 6.42 Å². The molecule has 0 radical (unpaired) electrons. The quantitative estimate of drug-likeness (QED) is 0.479. The SMILES string of the molecule is Cl.NC(=O)NCCCCl. The van der Waals surface area contributed by atoms with Crippen molar-refractivity contribution in [3.05, 3.63) is 0 Å². The van der Waals surface area contributed by atoms with E-state index in [2.05, 4.69) is 5.32 Å². The van der Waals surface area contributed by atoms with Crippen LogP contribution in [0.1, 0.15) is 6.42 Å². The number of nitrogens with one attached hydrogen (secondary N) is 1. The van der Waals surface area contributed by atoms with Crippen LogP contribution in [0.5, 0.6) is 0 Å². The standard InChI is InChI=1S/C4H9ClN2O.ClH/c5-2-1-3-7-4(6)8;/h1-3H2,(H3,6,7,8);1H. The molecule has 9 heavy (non-hydrogen) atoms. The van der Waals surface area contributed by atoms with Gasteiger partial charge in [-0.2, -0.15) is 0 Å². The maximum atomic E-state index is 9.94. The molecule has 3 nitrogen and oxygen atoms in total. The molecular formula is C4H10Cl2N2O. The summed E-state index contributed by atoms with van der Waals surface area (Å²) < 4.78 is 0. The lowest BCUT2D eigenvalue weighted by Crippen LogP contribution is -2.30. The van der Waals surface area contributed by atoms with Crippen LogP contribution >= 0.6 is 24.0 Å². The van der Waals surface area contributed by atoms with Crippen molar-refractivity contribution >= 4 is 30.0 Å². The summed E-state index contributed by atoms with van der Waals surface area (Å²) in [7, 11) is 0. The molecule has 0 aromatic heterocycles. The summed E-state index contributed by atoms with van der Waals surface area (Å²) in [5.74, 6) is 0.556. The van der Waals surface area contributed by atoms with E-state index >= 15 is 0 Å². The van der Waals surface area contributed by atoms with Gasteiger partial charge in [-0.25, -0.2) is 4.79 Å². The molecule has 0 atom stereocenters. The van der Waals surface area contributed by atoms with Crippen molar-refractivity contribution in [2.45, 2.75) is 6.42 Å². The molecule has 0 aliphatic rings. The fraction of sp³-hybridized carbons (Fsp3) is 0.750. The first kappa shape index (κ1) is 11.6. The number of carbonyl (C=O) groups excluding carboxylic acids is 1. The summed E-state index contributed by atoms with van der Waals surface area (Å²) in [6.07, 6.45) is 0.768. The lowest BCUT2D eigenvalue weighted by atomic mass is 10.5. The monoisotopic (exact) mass is 172 g/mol. The van der Waals surface area contributed by atoms with Gasteiger partial charge in [-0.1, -0.05) is 0 Å². The molecule has 0 aliphatic carbocycles. The van der Waals surface area contributed by atoms with Gasteiger partial charge in [0.2, 0.25) is 0 Å². The van der Waals surface area contributed by atoms with E-state index in [1.54, 1.807) is 0 Å². The third kappa shape index (κ3) is 11.4. The maximum Gasteiger partial charge on any atom is 0.312 e. The summed E-state index contributed by atoms with van der Waals surface area (Å²) >= 11 is 5.29. The Morgan fingerprint density at radius 2 is 2.22 bits per heavy atom. The number of hydrogen-bond donors (Lipinski definition) is 2. The number of nitrogens with two attached hydrogens (primary N) is 1. The van der Waals surface area contributed by atoms with Gasteiger partial charge in [0, 0.05) is 12.4 Å². The number of carbonyl (C=O) groups is 1. The van der Waals surface area contributed by atoms with Gasteiger partial charge in [0.15, 0.2) is 0 Å². The van der Waals surface area contributed by atoms with Crippen molar-refractivity contribution in [3.8, 4) is 0 Å². The first-order valence-corrected chi connectivity index (χ1v) is 2.90. The van der Waals surface area contributed by atoms with Gasteiger partial charge in [-0.3, -0.25) is 0 Å². The number of rotatable bonds is 3. The molecule has 0 spiro atoms. The smallest absolute Gasteiger partial charge is 0.312 e.